The van der Waals surface area contributed by atoms with Crippen molar-refractivity contribution in [3.8, 4) is 0 Å². The number of nitrogens with two attached hydrogens (primary N) is 1. The normalized spacial score (nSPS) is 17.9. The second-order valence-corrected chi connectivity index (χ2v) is 4.68. The zero-order chi connectivity index (χ0) is 10.2. The number of rotatable bonds is 3. The van der Waals surface area contributed by atoms with Crippen molar-refractivity contribution in [1.82, 2.24) is 0 Å². The molecule has 0 bridgehead atoms. The van der Waals surface area contributed by atoms with Gasteiger partial charge in [0.25, 0.3) is 0 Å². The molecule has 1 aliphatic carbocycles. The number of nitrogens with one attached hydrogen (secondary N) is 1. The third-order valence-electron chi connectivity index (χ3n) is 2.45. The Kier molecular flexibility index (Phi) is 2.60. The van der Waals surface area contributed by atoms with Crippen LogP contribution in [0.1, 0.15) is 12.8 Å². The van der Waals surface area contributed by atoms with Gasteiger partial charge in [0.05, 0.1) is 10.7 Å². The van der Waals surface area contributed by atoms with Gasteiger partial charge in [-0.25, -0.2) is 0 Å². The van der Waals surface area contributed by atoms with E-state index in [1.165, 1.54) is 0 Å². The summed E-state index contributed by atoms with van der Waals surface area (Å²) in [6.45, 7) is 0.772. The lowest BCUT2D eigenvalue weighted by Crippen LogP contribution is -2.31. The molecule has 0 aliphatic heterocycles. The minimum absolute atomic E-state index is 0.0109. The van der Waals surface area contributed by atoms with Crippen molar-refractivity contribution >= 4 is 28.9 Å². The molecule has 1 saturated carbocycles. The Morgan fingerprint density at radius 1 is 1.36 bits per heavy atom. The zero-order valence-electron chi connectivity index (χ0n) is 7.69. The van der Waals surface area contributed by atoms with Crippen molar-refractivity contribution in [2.24, 2.45) is 5.73 Å². The van der Waals surface area contributed by atoms with Gasteiger partial charge in [-0.05, 0) is 31.0 Å². The molecule has 76 valence electrons. The lowest BCUT2D eigenvalue weighted by atomic mass is 10.2. The molecule has 0 atom stereocenters. The monoisotopic (exact) mass is 230 g/mol. The molecule has 1 aliphatic rings. The molecular weight excluding hydrogens is 219 g/mol. The lowest BCUT2D eigenvalue weighted by Gasteiger charge is -2.12. The number of anilines is 1. The van der Waals surface area contributed by atoms with Gasteiger partial charge in [0.15, 0.2) is 0 Å². The molecule has 2 rings (SSSR count). The lowest BCUT2D eigenvalue weighted by molar-refractivity contribution is 0.713. The van der Waals surface area contributed by atoms with Gasteiger partial charge in [0, 0.05) is 17.1 Å². The summed E-state index contributed by atoms with van der Waals surface area (Å²) in [5.74, 6) is 0. The Morgan fingerprint density at radius 3 is 2.64 bits per heavy atom. The summed E-state index contributed by atoms with van der Waals surface area (Å²) in [5.41, 5.74) is 6.83. The predicted octanol–water partition coefficient (Wildman–Crippen LogP) is 2.90. The molecule has 14 heavy (non-hydrogen) atoms. The van der Waals surface area contributed by atoms with E-state index in [2.05, 4.69) is 5.32 Å². The molecule has 1 aromatic rings. The summed E-state index contributed by atoms with van der Waals surface area (Å²) in [4.78, 5) is 0. The third kappa shape index (κ3) is 2.32. The molecular formula is C10H12Cl2N2. The van der Waals surface area contributed by atoms with Crippen molar-refractivity contribution in [1.29, 1.82) is 0 Å². The highest BCUT2D eigenvalue weighted by molar-refractivity contribution is 6.36. The van der Waals surface area contributed by atoms with Crippen LogP contribution in [0.25, 0.3) is 0 Å². The Labute approximate surface area is 93.4 Å². The summed E-state index contributed by atoms with van der Waals surface area (Å²) in [7, 11) is 0. The number of benzene rings is 1. The quantitative estimate of drug-likeness (QED) is 0.839. The van der Waals surface area contributed by atoms with Crippen LogP contribution in [0.4, 0.5) is 5.69 Å². The minimum Gasteiger partial charge on any atom is -0.382 e. The van der Waals surface area contributed by atoms with Crippen molar-refractivity contribution < 1.29 is 0 Å². The molecule has 0 unspecified atom stereocenters. The van der Waals surface area contributed by atoms with E-state index in [-0.39, 0.29) is 5.54 Å². The summed E-state index contributed by atoms with van der Waals surface area (Å²) < 4.78 is 0. The van der Waals surface area contributed by atoms with Crippen LogP contribution in [0.2, 0.25) is 10.0 Å². The summed E-state index contributed by atoms with van der Waals surface area (Å²) in [6, 6.07) is 5.41. The highest BCUT2D eigenvalue weighted by atomic mass is 35.5. The van der Waals surface area contributed by atoms with Gasteiger partial charge in [-0.3, -0.25) is 0 Å². The highest BCUT2D eigenvalue weighted by Gasteiger charge is 2.37. The molecule has 0 heterocycles. The van der Waals surface area contributed by atoms with E-state index in [0.717, 1.165) is 25.1 Å². The van der Waals surface area contributed by atoms with Gasteiger partial charge < -0.3 is 11.1 Å². The van der Waals surface area contributed by atoms with Gasteiger partial charge >= 0.3 is 0 Å². The Morgan fingerprint density at radius 2 is 2.07 bits per heavy atom. The van der Waals surface area contributed by atoms with Crippen LogP contribution in [0.15, 0.2) is 18.2 Å². The number of halogens is 2. The molecule has 1 aromatic carbocycles. The van der Waals surface area contributed by atoms with Crippen LogP contribution in [0, 0.1) is 0 Å². The standard InChI is InChI=1S/C10H12Cl2N2/c11-7-1-2-9(8(12)5-7)14-6-10(13)3-4-10/h1-2,5,14H,3-4,6,13H2. The van der Waals surface area contributed by atoms with E-state index in [1.54, 1.807) is 6.07 Å². The first-order chi connectivity index (χ1) is 6.59. The molecule has 0 amide bonds. The van der Waals surface area contributed by atoms with Crippen LogP contribution < -0.4 is 11.1 Å². The van der Waals surface area contributed by atoms with Gasteiger partial charge in [0.2, 0.25) is 0 Å². The van der Waals surface area contributed by atoms with Crippen LogP contribution >= 0.6 is 23.2 Å². The summed E-state index contributed by atoms with van der Waals surface area (Å²) in [6.07, 6.45) is 2.18. The smallest absolute Gasteiger partial charge is 0.0652 e. The first kappa shape index (κ1) is 10.1. The van der Waals surface area contributed by atoms with Crippen LogP contribution in [0.3, 0.4) is 0 Å². The molecule has 1 fully saturated rings. The maximum atomic E-state index is 5.99. The van der Waals surface area contributed by atoms with Gasteiger partial charge in [-0.2, -0.15) is 0 Å². The molecule has 4 heteroatoms. The van der Waals surface area contributed by atoms with E-state index < -0.39 is 0 Å². The average molecular weight is 231 g/mol. The van der Waals surface area contributed by atoms with E-state index in [4.69, 9.17) is 28.9 Å². The van der Waals surface area contributed by atoms with Crippen molar-refractivity contribution in [2.75, 3.05) is 11.9 Å². The summed E-state index contributed by atoms with van der Waals surface area (Å²) in [5, 5.41) is 4.52. The Bertz CT molecular complexity index is 348. The molecule has 0 radical (unpaired) electrons. The van der Waals surface area contributed by atoms with Crippen LogP contribution in [-0.2, 0) is 0 Å². The van der Waals surface area contributed by atoms with Crippen molar-refractivity contribution in [3.63, 3.8) is 0 Å². The second-order valence-electron chi connectivity index (χ2n) is 3.84. The fraction of sp³-hybridized carbons (Fsp3) is 0.400. The van der Waals surface area contributed by atoms with Gasteiger partial charge in [-0.1, -0.05) is 23.2 Å². The SMILES string of the molecule is NC1(CNc2ccc(Cl)cc2Cl)CC1. The van der Waals surface area contributed by atoms with E-state index in [0.29, 0.717) is 10.0 Å². The van der Waals surface area contributed by atoms with Crippen molar-refractivity contribution in [2.45, 2.75) is 18.4 Å². The Hall–Kier alpha value is -0.440. The van der Waals surface area contributed by atoms with Crippen molar-refractivity contribution in [3.05, 3.63) is 28.2 Å². The number of hydrogen-bond donors (Lipinski definition) is 2. The maximum Gasteiger partial charge on any atom is 0.0652 e. The largest absolute Gasteiger partial charge is 0.382 e. The van der Waals surface area contributed by atoms with Crippen LogP contribution in [0.5, 0.6) is 0 Å². The predicted molar refractivity (Wildman–Crippen MR) is 61.1 cm³/mol. The third-order valence-corrected chi connectivity index (χ3v) is 3.00. The maximum absolute atomic E-state index is 5.99. The topological polar surface area (TPSA) is 38.0 Å². The number of hydrogen-bond acceptors (Lipinski definition) is 2. The van der Waals surface area contributed by atoms with E-state index >= 15 is 0 Å². The fourth-order valence-corrected chi connectivity index (χ4v) is 1.72. The fourth-order valence-electron chi connectivity index (χ4n) is 1.24. The molecule has 2 nitrogen and oxygen atoms in total. The first-order valence-electron chi connectivity index (χ1n) is 4.57. The van der Waals surface area contributed by atoms with Gasteiger partial charge in [-0.15, -0.1) is 0 Å². The molecule has 3 N–H and O–H groups in total. The molecule has 0 aromatic heterocycles. The molecule has 0 spiro atoms. The zero-order valence-corrected chi connectivity index (χ0v) is 9.20. The average Bonchev–Trinajstić information content (AvgIpc) is 2.83. The van der Waals surface area contributed by atoms with E-state index in [1.807, 2.05) is 12.1 Å². The van der Waals surface area contributed by atoms with E-state index in [9.17, 15) is 0 Å². The summed E-state index contributed by atoms with van der Waals surface area (Å²) >= 11 is 11.8. The molecule has 0 saturated heterocycles. The Balaban J connectivity index is 2.02. The van der Waals surface area contributed by atoms with Gasteiger partial charge in [0.1, 0.15) is 0 Å². The van der Waals surface area contributed by atoms with Crippen LogP contribution in [-0.4, -0.2) is 12.1 Å². The minimum atomic E-state index is -0.0109. The second kappa shape index (κ2) is 3.61. The first-order valence-corrected chi connectivity index (χ1v) is 5.32. The highest BCUT2D eigenvalue weighted by Crippen LogP contribution is 2.33.